The van der Waals surface area contributed by atoms with Crippen LogP contribution in [0.5, 0.6) is 0 Å². The molecule has 84 valence electrons. The Morgan fingerprint density at radius 3 is 2.53 bits per heavy atom. The van der Waals surface area contributed by atoms with E-state index >= 15 is 0 Å². The minimum Gasteiger partial charge on any atom is -0.244 e. The van der Waals surface area contributed by atoms with Crippen molar-refractivity contribution in [2.24, 2.45) is 0 Å². The molecule has 1 aromatic heterocycles. The van der Waals surface area contributed by atoms with Gasteiger partial charge < -0.3 is 0 Å². The normalized spacial score (nSPS) is 12.4. The number of halogens is 1. The summed E-state index contributed by atoms with van der Waals surface area (Å²) < 4.78 is 25.2. The molecular weight excluding hydrogens is 236 g/mol. The first kappa shape index (κ1) is 12.4. The summed E-state index contributed by atoms with van der Waals surface area (Å²) in [6.45, 7) is 3.61. The van der Waals surface area contributed by atoms with Gasteiger partial charge in [0.2, 0.25) is 10.0 Å². The van der Waals surface area contributed by atoms with Crippen LogP contribution in [-0.4, -0.2) is 30.8 Å². The second kappa shape index (κ2) is 4.47. The number of rotatable bonds is 3. The number of hydrogen-bond donors (Lipinski definition) is 0. The smallest absolute Gasteiger partial charge is 0.243 e. The lowest BCUT2D eigenvalue weighted by Crippen LogP contribution is -2.33. The number of sulfonamides is 1. The van der Waals surface area contributed by atoms with Crippen molar-refractivity contribution in [2.75, 3.05) is 7.05 Å². The van der Waals surface area contributed by atoms with E-state index < -0.39 is 10.0 Å². The van der Waals surface area contributed by atoms with Gasteiger partial charge in [-0.05, 0) is 26.0 Å². The maximum Gasteiger partial charge on any atom is 0.243 e. The average Bonchev–Trinajstić information content (AvgIpc) is 2.16. The lowest BCUT2D eigenvalue weighted by atomic mass is 10.4. The lowest BCUT2D eigenvalue weighted by molar-refractivity contribution is 0.410. The van der Waals surface area contributed by atoms with Gasteiger partial charge in [-0.2, -0.15) is 4.31 Å². The molecular formula is C9H13ClN2O2S. The molecule has 0 aromatic carbocycles. The van der Waals surface area contributed by atoms with Gasteiger partial charge in [0.05, 0.1) is 4.90 Å². The topological polar surface area (TPSA) is 50.3 Å². The molecule has 0 aliphatic rings. The summed E-state index contributed by atoms with van der Waals surface area (Å²) in [4.78, 5) is 3.91. The second-order valence-electron chi connectivity index (χ2n) is 3.43. The summed E-state index contributed by atoms with van der Waals surface area (Å²) in [5.41, 5.74) is 0. The van der Waals surface area contributed by atoms with Crippen molar-refractivity contribution in [3.63, 3.8) is 0 Å². The van der Waals surface area contributed by atoms with Gasteiger partial charge in [0.1, 0.15) is 5.15 Å². The molecule has 0 radical (unpaired) electrons. The number of hydrogen-bond acceptors (Lipinski definition) is 3. The SMILES string of the molecule is CC(C)N(C)S(=O)(=O)c1ccnc(Cl)c1. The molecule has 0 amide bonds. The fourth-order valence-corrected chi connectivity index (χ4v) is 2.61. The van der Waals surface area contributed by atoms with Crippen LogP contribution in [0.25, 0.3) is 0 Å². The van der Waals surface area contributed by atoms with Crippen LogP contribution in [0, 0.1) is 0 Å². The van der Waals surface area contributed by atoms with Gasteiger partial charge in [-0.25, -0.2) is 13.4 Å². The van der Waals surface area contributed by atoms with Crippen LogP contribution in [0.3, 0.4) is 0 Å². The van der Waals surface area contributed by atoms with Crippen molar-refractivity contribution in [3.8, 4) is 0 Å². The molecule has 0 unspecified atom stereocenters. The number of nitrogens with zero attached hydrogens (tertiary/aromatic N) is 2. The zero-order valence-corrected chi connectivity index (χ0v) is 10.4. The Hall–Kier alpha value is -0.650. The summed E-state index contributed by atoms with van der Waals surface area (Å²) in [5, 5.41) is 0.174. The molecule has 0 aliphatic carbocycles. The highest BCUT2D eigenvalue weighted by Crippen LogP contribution is 2.18. The van der Waals surface area contributed by atoms with Crippen molar-refractivity contribution in [1.82, 2.24) is 9.29 Å². The fourth-order valence-electron chi connectivity index (χ4n) is 0.989. The van der Waals surface area contributed by atoms with Gasteiger partial charge in [-0.3, -0.25) is 0 Å². The van der Waals surface area contributed by atoms with Crippen molar-refractivity contribution in [3.05, 3.63) is 23.5 Å². The predicted molar refractivity (Wildman–Crippen MR) is 59.3 cm³/mol. The predicted octanol–water partition coefficient (Wildman–Crippen LogP) is 1.76. The minimum atomic E-state index is -3.45. The van der Waals surface area contributed by atoms with Gasteiger partial charge in [-0.1, -0.05) is 11.6 Å². The molecule has 0 aliphatic heterocycles. The highest BCUT2D eigenvalue weighted by Gasteiger charge is 2.23. The van der Waals surface area contributed by atoms with E-state index in [0.29, 0.717) is 0 Å². The molecule has 0 bridgehead atoms. The molecule has 4 nitrogen and oxygen atoms in total. The van der Waals surface area contributed by atoms with Crippen LogP contribution in [-0.2, 0) is 10.0 Å². The lowest BCUT2D eigenvalue weighted by Gasteiger charge is -2.20. The summed E-state index contributed by atoms with van der Waals surface area (Å²) in [7, 11) is -1.92. The van der Waals surface area contributed by atoms with Gasteiger partial charge >= 0.3 is 0 Å². The quantitative estimate of drug-likeness (QED) is 0.766. The summed E-state index contributed by atoms with van der Waals surface area (Å²) >= 11 is 5.64. The Bertz CT molecular complexity index is 445. The largest absolute Gasteiger partial charge is 0.244 e. The van der Waals surface area contributed by atoms with Crippen LogP contribution in [0.15, 0.2) is 23.2 Å². The second-order valence-corrected chi connectivity index (χ2v) is 5.81. The Morgan fingerprint density at radius 1 is 1.47 bits per heavy atom. The van der Waals surface area contributed by atoms with Crippen LogP contribution in [0.2, 0.25) is 5.15 Å². The van der Waals surface area contributed by atoms with E-state index in [4.69, 9.17) is 11.6 Å². The van der Waals surface area contributed by atoms with Gasteiger partial charge in [-0.15, -0.1) is 0 Å². The Kier molecular flexibility index (Phi) is 3.70. The first-order chi connectivity index (χ1) is 6.85. The highest BCUT2D eigenvalue weighted by atomic mass is 35.5. The molecule has 1 aromatic rings. The van der Waals surface area contributed by atoms with E-state index in [1.165, 1.54) is 29.7 Å². The summed E-state index contributed by atoms with van der Waals surface area (Å²) in [6, 6.07) is 2.68. The van der Waals surface area contributed by atoms with Crippen LogP contribution < -0.4 is 0 Å². The molecule has 6 heteroatoms. The molecule has 0 N–H and O–H groups in total. The van der Waals surface area contributed by atoms with Crippen molar-refractivity contribution >= 4 is 21.6 Å². The Morgan fingerprint density at radius 2 is 2.07 bits per heavy atom. The van der Waals surface area contributed by atoms with E-state index in [0.717, 1.165) is 0 Å². The highest BCUT2D eigenvalue weighted by molar-refractivity contribution is 7.89. The van der Waals surface area contributed by atoms with Crippen LogP contribution in [0.4, 0.5) is 0 Å². The van der Waals surface area contributed by atoms with Crippen molar-refractivity contribution < 1.29 is 8.42 Å². The third-order valence-electron chi connectivity index (χ3n) is 2.10. The van der Waals surface area contributed by atoms with Gasteiger partial charge in [0, 0.05) is 19.3 Å². The molecule has 0 saturated carbocycles. The fraction of sp³-hybridized carbons (Fsp3) is 0.444. The number of pyridine rings is 1. The molecule has 15 heavy (non-hydrogen) atoms. The third kappa shape index (κ3) is 2.68. The zero-order valence-electron chi connectivity index (χ0n) is 8.81. The molecule has 1 rings (SSSR count). The Labute approximate surface area is 94.9 Å². The molecule has 0 atom stereocenters. The third-order valence-corrected chi connectivity index (χ3v) is 4.34. The number of aromatic nitrogens is 1. The standard InChI is InChI=1S/C9H13ClN2O2S/c1-7(2)12(3)15(13,14)8-4-5-11-9(10)6-8/h4-7H,1-3H3. The molecule has 1 heterocycles. The zero-order chi connectivity index (χ0) is 11.6. The molecule has 0 fully saturated rings. The minimum absolute atomic E-state index is 0.0954. The molecule has 0 spiro atoms. The van der Waals surface area contributed by atoms with E-state index in [2.05, 4.69) is 4.98 Å². The van der Waals surface area contributed by atoms with Gasteiger partial charge in [0.15, 0.2) is 0 Å². The van der Waals surface area contributed by atoms with Crippen molar-refractivity contribution in [2.45, 2.75) is 24.8 Å². The van der Waals surface area contributed by atoms with Crippen LogP contribution >= 0.6 is 11.6 Å². The maximum atomic E-state index is 12.0. The Balaban J connectivity index is 3.17. The van der Waals surface area contributed by atoms with E-state index in [-0.39, 0.29) is 16.1 Å². The van der Waals surface area contributed by atoms with E-state index in [9.17, 15) is 8.42 Å². The van der Waals surface area contributed by atoms with Crippen LogP contribution in [0.1, 0.15) is 13.8 Å². The molecule has 0 saturated heterocycles. The van der Waals surface area contributed by atoms with E-state index in [1.807, 2.05) is 0 Å². The average molecular weight is 249 g/mol. The van der Waals surface area contributed by atoms with Crippen molar-refractivity contribution in [1.29, 1.82) is 0 Å². The summed E-state index contributed by atoms with van der Waals surface area (Å²) in [6.07, 6.45) is 1.38. The monoisotopic (exact) mass is 248 g/mol. The maximum absolute atomic E-state index is 12.0. The van der Waals surface area contributed by atoms with E-state index in [1.54, 1.807) is 13.8 Å². The first-order valence-electron chi connectivity index (χ1n) is 4.45. The first-order valence-corrected chi connectivity index (χ1v) is 6.27. The van der Waals surface area contributed by atoms with Gasteiger partial charge in [0.25, 0.3) is 0 Å². The summed E-state index contributed by atoms with van der Waals surface area (Å²) in [5.74, 6) is 0.